The molecule has 2 aromatic carbocycles. The van der Waals surface area contributed by atoms with Gasteiger partial charge in [-0.1, -0.05) is 42.5 Å². The first-order valence-corrected chi connectivity index (χ1v) is 7.85. The first-order valence-electron chi connectivity index (χ1n) is 7.85. The molecule has 0 aliphatic carbocycles. The van der Waals surface area contributed by atoms with Crippen molar-refractivity contribution in [2.24, 2.45) is 0 Å². The number of likely N-dealkylation sites (N-methyl/N-ethyl adjacent to an activating group) is 1. The van der Waals surface area contributed by atoms with Crippen LogP contribution in [0.5, 0.6) is 5.75 Å². The average molecular weight is 315 g/mol. The van der Waals surface area contributed by atoms with Gasteiger partial charge in [-0.3, -0.25) is 4.90 Å². The molecule has 0 amide bonds. The van der Waals surface area contributed by atoms with Gasteiger partial charge in [-0.25, -0.2) is 0 Å². The minimum Gasteiger partial charge on any atom is -0.508 e. The van der Waals surface area contributed by atoms with E-state index in [-0.39, 0.29) is 11.8 Å². The summed E-state index contributed by atoms with van der Waals surface area (Å²) >= 11 is 0. The molecular weight excluding hydrogens is 290 g/mol. The molecule has 0 saturated heterocycles. The highest BCUT2D eigenvalue weighted by atomic mass is 16.5. The first-order chi connectivity index (χ1) is 11.1. The molecule has 0 aliphatic rings. The molecule has 0 fully saturated rings. The van der Waals surface area contributed by atoms with E-state index in [2.05, 4.69) is 0 Å². The molecule has 0 aliphatic heterocycles. The molecule has 2 rings (SSSR count). The van der Waals surface area contributed by atoms with Gasteiger partial charge in [0.2, 0.25) is 0 Å². The number of nitrogens with zero attached hydrogens (tertiary/aromatic N) is 1. The summed E-state index contributed by atoms with van der Waals surface area (Å²) < 4.78 is 5.57. The molecule has 0 heterocycles. The lowest BCUT2D eigenvalue weighted by atomic mass is 10.1. The number of aliphatic hydroxyl groups excluding tert-OH is 1. The van der Waals surface area contributed by atoms with Gasteiger partial charge in [0.05, 0.1) is 19.3 Å². The highest BCUT2D eigenvalue weighted by Gasteiger charge is 2.16. The minimum atomic E-state index is -0.552. The van der Waals surface area contributed by atoms with E-state index in [1.165, 1.54) is 0 Å². The van der Waals surface area contributed by atoms with Gasteiger partial charge in [-0.2, -0.15) is 0 Å². The Balaban J connectivity index is 1.76. The van der Waals surface area contributed by atoms with Crippen molar-refractivity contribution in [2.45, 2.75) is 25.7 Å². The predicted molar refractivity (Wildman–Crippen MR) is 91.3 cm³/mol. The van der Waals surface area contributed by atoms with Crippen LogP contribution in [0.15, 0.2) is 54.6 Å². The predicted octanol–water partition coefficient (Wildman–Crippen LogP) is 2.96. The van der Waals surface area contributed by atoms with Gasteiger partial charge in [0, 0.05) is 12.6 Å². The second-order valence-corrected chi connectivity index (χ2v) is 5.87. The van der Waals surface area contributed by atoms with Crippen LogP contribution in [0, 0.1) is 0 Å². The molecule has 0 radical (unpaired) electrons. The van der Waals surface area contributed by atoms with Crippen LogP contribution in [0.1, 0.15) is 24.1 Å². The van der Waals surface area contributed by atoms with Crippen LogP contribution in [-0.2, 0) is 11.3 Å². The third-order valence-electron chi connectivity index (χ3n) is 3.93. The third kappa shape index (κ3) is 5.67. The van der Waals surface area contributed by atoms with Gasteiger partial charge in [0.25, 0.3) is 0 Å². The Morgan fingerprint density at radius 1 is 1.09 bits per heavy atom. The van der Waals surface area contributed by atoms with Gasteiger partial charge >= 0.3 is 0 Å². The number of phenolic OH excluding ortho intramolecular Hbond substituents is 1. The lowest BCUT2D eigenvalue weighted by Gasteiger charge is -2.27. The quantitative estimate of drug-likeness (QED) is 0.786. The standard InChI is InChI=1S/C19H25NO3/c1-15(17-9-6-10-18(21)11-17)20(2)12-19(22)14-23-13-16-7-4-3-5-8-16/h3-11,15,19,21-22H,12-14H2,1-2H3. The Hall–Kier alpha value is -1.88. The molecule has 2 N–H and O–H groups in total. The van der Waals surface area contributed by atoms with Gasteiger partial charge in [0.1, 0.15) is 5.75 Å². The van der Waals surface area contributed by atoms with Crippen molar-refractivity contribution < 1.29 is 14.9 Å². The smallest absolute Gasteiger partial charge is 0.115 e. The molecular formula is C19H25NO3. The number of hydrogen-bond donors (Lipinski definition) is 2. The molecule has 2 atom stereocenters. The Morgan fingerprint density at radius 2 is 1.83 bits per heavy atom. The molecule has 23 heavy (non-hydrogen) atoms. The van der Waals surface area contributed by atoms with Gasteiger partial charge < -0.3 is 14.9 Å². The number of aliphatic hydroxyl groups is 1. The second kappa shape index (κ2) is 8.67. The molecule has 0 spiro atoms. The Morgan fingerprint density at radius 3 is 2.52 bits per heavy atom. The lowest BCUT2D eigenvalue weighted by Crippen LogP contribution is -2.33. The number of rotatable bonds is 8. The Bertz CT molecular complexity index is 588. The topological polar surface area (TPSA) is 52.9 Å². The monoisotopic (exact) mass is 315 g/mol. The second-order valence-electron chi connectivity index (χ2n) is 5.87. The van der Waals surface area contributed by atoms with Crippen molar-refractivity contribution in [1.29, 1.82) is 0 Å². The molecule has 4 heteroatoms. The average Bonchev–Trinajstić information content (AvgIpc) is 2.55. The molecule has 0 saturated carbocycles. The third-order valence-corrected chi connectivity index (χ3v) is 3.93. The van der Waals surface area contributed by atoms with Gasteiger partial charge in [-0.05, 0) is 37.2 Å². The molecule has 2 unspecified atom stereocenters. The summed E-state index contributed by atoms with van der Waals surface area (Å²) in [5.74, 6) is 0.259. The summed E-state index contributed by atoms with van der Waals surface area (Å²) in [7, 11) is 1.95. The largest absolute Gasteiger partial charge is 0.508 e. The maximum Gasteiger partial charge on any atom is 0.115 e. The van der Waals surface area contributed by atoms with Crippen LogP contribution in [0.2, 0.25) is 0 Å². The van der Waals surface area contributed by atoms with Gasteiger partial charge in [0.15, 0.2) is 0 Å². The van der Waals surface area contributed by atoms with E-state index in [0.717, 1.165) is 11.1 Å². The maximum absolute atomic E-state index is 10.1. The minimum absolute atomic E-state index is 0.103. The molecule has 124 valence electrons. The summed E-state index contributed by atoms with van der Waals surface area (Å²) in [6, 6.07) is 17.2. The SMILES string of the molecule is CC(c1cccc(O)c1)N(C)CC(O)COCc1ccccc1. The number of ether oxygens (including phenoxy) is 1. The zero-order valence-corrected chi connectivity index (χ0v) is 13.7. The van der Waals surface area contributed by atoms with E-state index in [4.69, 9.17) is 4.74 Å². The van der Waals surface area contributed by atoms with Crippen molar-refractivity contribution in [3.05, 3.63) is 65.7 Å². The Labute approximate surface area is 138 Å². The van der Waals surface area contributed by atoms with Crippen molar-refractivity contribution >= 4 is 0 Å². The first kappa shape index (κ1) is 17.5. The summed E-state index contributed by atoms with van der Waals surface area (Å²) in [4.78, 5) is 2.05. The van der Waals surface area contributed by atoms with E-state index in [1.54, 1.807) is 12.1 Å². The van der Waals surface area contributed by atoms with Crippen LogP contribution in [-0.4, -0.2) is 41.4 Å². The summed E-state index contributed by atoms with van der Waals surface area (Å²) in [5.41, 5.74) is 2.12. The Kier molecular flexibility index (Phi) is 6.59. The van der Waals surface area contributed by atoms with Crippen LogP contribution < -0.4 is 0 Å². The summed E-state index contributed by atoms with van der Waals surface area (Å²) in [6.45, 7) is 3.35. The van der Waals surface area contributed by atoms with E-state index in [1.807, 2.05) is 61.3 Å². The van der Waals surface area contributed by atoms with E-state index >= 15 is 0 Å². The fourth-order valence-corrected chi connectivity index (χ4v) is 2.47. The normalized spacial score (nSPS) is 13.9. The van der Waals surface area contributed by atoms with Gasteiger partial charge in [-0.15, -0.1) is 0 Å². The van der Waals surface area contributed by atoms with Crippen LogP contribution >= 0.6 is 0 Å². The number of benzene rings is 2. The highest BCUT2D eigenvalue weighted by Crippen LogP contribution is 2.22. The van der Waals surface area contributed by atoms with E-state index in [0.29, 0.717) is 19.8 Å². The fraction of sp³-hybridized carbons (Fsp3) is 0.368. The molecule has 0 aromatic heterocycles. The fourth-order valence-electron chi connectivity index (χ4n) is 2.47. The van der Waals surface area contributed by atoms with Crippen LogP contribution in [0.3, 0.4) is 0 Å². The zero-order valence-electron chi connectivity index (χ0n) is 13.7. The number of phenols is 1. The summed E-state index contributed by atoms with van der Waals surface area (Å²) in [6.07, 6.45) is -0.552. The zero-order chi connectivity index (χ0) is 16.7. The highest BCUT2D eigenvalue weighted by molar-refractivity contribution is 5.29. The van der Waals surface area contributed by atoms with E-state index in [9.17, 15) is 10.2 Å². The van der Waals surface area contributed by atoms with Crippen LogP contribution in [0.25, 0.3) is 0 Å². The molecule has 0 bridgehead atoms. The number of hydrogen-bond acceptors (Lipinski definition) is 4. The lowest BCUT2D eigenvalue weighted by molar-refractivity contribution is 0.00853. The maximum atomic E-state index is 10.1. The molecule has 4 nitrogen and oxygen atoms in total. The van der Waals surface area contributed by atoms with Crippen molar-refractivity contribution in [1.82, 2.24) is 4.90 Å². The van der Waals surface area contributed by atoms with Crippen molar-refractivity contribution in [3.63, 3.8) is 0 Å². The van der Waals surface area contributed by atoms with E-state index < -0.39 is 6.10 Å². The summed E-state index contributed by atoms with van der Waals surface area (Å²) in [5, 5.41) is 19.7. The molecule has 2 aromatic rings. The van der Waals surface area contributed by atoms with Crippen molar-refractivity contribution in [3.8, 4) is 5.75 Å². The van der Waals surface area contributed by atoms with Crippen LogP contribution in [0.4, 0.5) is 0 Å². The number of aromatic hydroxyl groups is 1. The van der Waals surface area contributed by atoms with Crippen molar-refractivity contribution in [2.75, 3.05) is 20.2 Å².